The van der Waals surface area contributed by atoms with Crippen LogP contribution in [-0.4, -0.2) is 5.11 Å². The van der Waals surface area contributed by atoms with Crippen LogP contribution in [0.1, 0.15) is 5.56 Å². The quantitative estimate of drug-likeness (QED) is 0.757. The lowest BCUT2D eigenvalue weighted by atomic mass is 10.0. The van der Waals surface area contributed by atoms with Gasteiger partial charge in [0, 0.05) is 5.56 Å². The van der Waals surface area contributed by atoms with E-state index in [1.165, 1.54) is 12.1 Å². The number of halogens is 4. The van der Waals surface area contributed by atoms with Crippen LogP contribution in [-0.2, 0) is 6.18 Å². The van der Waals surface area contributed by atoms with Gasteiger partial charge in [0.05, 0.1) is 5.56 Å². The zero-order valence-electron chi connectivity index (χ0n) is 9.00. The van der Waals surface area contributed by atoms with Crippen molar-refractivity contribution >= 4 is 0 Å². The van der Waals surface area contributed by atoms with Crippen molar-refractivity contribution in [3.63, 3.8) is 0 Å². The number of hydrogen-bond donors (Lipinski definition) is 1. The van der Waals surface area contributed by atoms with Crippen molar-refractivity contribution in [2.24, 2.45) is 0 Å². The molecule has 0 atom stereocenters. The first-order valence-electron chi connectivity index (χ1n) is 5.04. The Hall–Kier alpha value is -2.04. The molecule has 18 heavy (non-hydrogen) atoms. The van der Waals surface area contributed by atoms with Crippen molar-refractivity contribution in [1.29, 1.82) is 0 Å². The Morgan fingerprint density at radius 2 is 1.67 bits per heavy atom. The van der Waals surface area contributed by atoms with E-state index in [9.17, 15) is 22.7 Å². The maximum atomic E-state index is 13.5. The Bertz CT molecular complexity index is 575. The predicted octanol–water partition coefficient (Wildman–Crippen LogP) is 4.22. The number of phenolic OH excluding ortho intramolecular Hbond substituents is 1. The number of aromatic hydroxyl groups is 1. The van der Waals surface area contributed by atoms with Crippen molar-refractivity contribution in [2.45, 2.75) is 6.18 Å². The van der Waals surface area contributed by atoms with Crippen molar-refractivity contribution in [3.8, 4) is 16.9 Å². The molecule has 2 aromatic rings. The molecular formula is C13H8F4O. The largest absolute Gasteiger partial charge is 0.508 e. The van der Waals surface area contributed by atoms with E-state index in [1.807, 2.05) is 0 Å². The number of hydrogen-bond acceptors (Lipinski definition) is 1. The monoisotopic (exact) mass is 256 g/mol. The summed E-state index contributed by atoms with van der Waals surface area (Å²) in [5, 5.41) is 9.24. The first-order chi connectivity index (χ1) is 8.38. The second-order valence-corrected chi connectivity index (χ2v) is 3.74. The molecule has 5 heteroatoms. The van der Waals surface area contributed by atoms with Gasteiger partial charge < -0.3 is 5.11 Å². The summed E-state index contributed by atoms with van der Waals surface area (Å²) in [6.45, 7) is 0. The van der Waals surface area contributed by atoms with E-state index in [0.717, 1.165) is 30.3 Å². The topological polar surface area (TPSA) is 20.2 Å². The molecule has 94 valence electrons. The van der Waals surface area contributed by atoms with Gasteiger partial charge in [-0.25, -0.2) is 4.39 Å². The molecule has 0 aromatic heterocycles. The molecule has 2 rings (SSSR count). The van der Waals surface area contributed by atoms with Crippen LogP contribution in [0.15, 0.2) is 42.5 Å². The Morgan fingerprint density at radius 3 is 2.33 bits per heavy atom. The van der Waals surface area contributed by atoms with E-state index < -0.39 is 17.6 Å². The normalized spacial score (nSPS) is 11.6. The summed E-state index contributed by atoms with van der Waals surface area (Å²) in [5.74, 6) is -0.893. The molecule has 0 fully saturated rings. The van der Waals surface area contributed by atoms with Gasteiger partial charge in [-0.05, 0) is 35.9 Å². The Morgan fingerprint density at radius 1 is 0.944 bits per heavy atom. The molecule has 0 saturated heterocycles. The summed E-state index contributed by atoms with van der Waals surface area (Å²) in [7, 11) is 0. The van der Waals surface area contributed by atoms with E-state index in [-0.39, 0.29) is 16.9 Å². The van der Waals surface area contributed by atoms with Gasteiger partial charge in [-0.2, -0.15) is 13.2 Å². The van der Waals surface area contributed by atoms with Crippen LogP contribution in [0, 0.1) is 5.82 Å². The molecule has 2 aromatic carbocycles. The summed E-state index contributed by atoms with van der Waals surface area (Å²) in [5.41, 5.74) is -0.859. The van der Waals surface area contributed by atoms with Crippen molar-refractivity contribution < 1.29 is 22.7 Å². The smallest absolute Gasteiger partial charge is 0.416 e. The Labute approximate surface area is 100 Å². The highest BCUT2D eigenvalue weighted by molar-refractivity contribution is 5.66. The maximum absolute atomic E-state index is 13.5. The molecule has 0 aliphatic rings. The van der Waals surface area contributed by atoms with Crippen LogP contribution in [0.2, 0.25) is 0 Å². The van der Waals surface area contributed by atoms with Crippen LogP contribution in [0.3, 0.4) is 0 Å². The lowest BCUT2D eigenvalue weighted by Crippen LogP contribution is -2.04. The predicted molar refractivity (Wildman–Crippen MR) is 58.5 cm³/mol. The molecule has 1 N–H and O–H groups in total. The van der Waals surface area contributed by atoms with Gasteiger partial charge >= 0.3 is 6.18 Å². The molecular weight excluding hydrogens is 248 g/mol. The molecule has 0 heterocycles. The van der Waals surface area contributed by atoms with E-state index in [0.29, 0.717) is 0 Å². The first kappa shape index (κ1) is 12.4. The second-order valence-electron chi connectivity index (χ2n) is 3.74. The fraction of sp³-hybridized carbons (Fsp3) is 0.0769. The van der Waals surface area contributed by atoms with Gasteiger partial charge in [-0.1, -0.05) is 12.1 Å². The maximum Gasteiger partial charge on any atom is 0.416 e. The summed E-state index contributed by atoms with van der Waals surface area (Å²) >= 11 is 0. The molecule has 0 aliphatic carbocycles. The zero-order chi connectivity index (χ0) is 13.3. The van der Waals surface area contributed by atoms with Gasteiger partial charge in [-0.3, -0.25) is 0 Å². The SMILES string of the molecule is Oc1ccc(F)c(-c2cccc(C(F)(F)F)c2)c1. The number of rotatable bonds is 1. The molecule has 0 amide bonds. The van der Waals surface area contributed by atoms with Gasteiger partial charge in [-0.15, -0.1) is 0 Å². The van der Waals surface area contributed by atoms with Crippen LogP contribution >= 0.6 is 0 Å². The highest BCUT2D eigenvalue weighted by Crippen LogP contribution is 2.33. The highest BCUT2D eigenvalue weighted by Gasteiger charge is 2.30. The Kier molecular flexibility index (Phi) is 2.98. The van der Waals surface area contributed by atoms with E-state index in [2.05, 4.69) is 0 Å². The second kappa shape index (κ2) is 4.33. The average molecular weight is 256 g/mol. The third kappa shape index (κ3) is 2.45. The molecule has 0 bridgehead atoms. The summed E-state index contributed by atoms with van der Waals surface area (Å²) in [6, 6.07) is 7.53. The van der Waals surface area contributed by atoms with Crippen molar-refractivity contribution in [1.82, 2.24) is 0 Å². The van der Waals surface area contributed by atoms with Crippen LogP contribution < -0.4 is 0 Å². The number of phenols is 1. The van der Waals surface area contributed by atoms with Crippen LogP contribution in [0.5, 0.6) is 5.75 Å². The van der Waals surface area contributed by atoms with Crippen LogP contribution in [0.25, 0.3) is 11.1 Å². The van der Waals surface area contributed by atoms with Gasteiger partial charge in [0.2, 0.25) is 0 Å². The fourth-order valence-corrected chi connectivity index (χ4v) is 1.60. The Balaban J connectivity index is 2.55. The highest BCUT2D eigenvalue weighted by atomic mass is 19.4. The van der Waals surface area contributed by atoms with Gasteiger partial charge in [0.1, 0.15) is 11.6 Å². The van der Waals surface area contributed by atoms with E-state index >= 15 is 0 Å². The summed E-state index contributed by atoms with van der Waals surface area (Å²) < 4.78 is 51.1. The fourth-order valence-electron chi connectivity index (χ4n) is 1.60. The lowest BCUT2D eigenvalue weighted by molar-refractivity contribution is -0.137. The first-order valence-corrected chi connectivity index (χ1v) is 5.04. The molecule has 0 unspecified atom stereocenters. The van der Waals surface area contributed by atoms with Gasteiger partial charge in [0.15, 0.2) is 0 Å². The summed E-state index contributed by atoms with van der Waals surface area (Å²) in [6.07, 6.45) is -4.48. The number of alkyl halides is 3. The van der Waals surface area contributed by atoms with Gasteiger partial charge in [0.25, 0.3) is 0 Å². The third-order valence-electron chi connectivity index (χ3n) is 2.45. The van der Waals surface area contributed by atoms with Crippen molar-refractivity contribution in [2.75, 3.05) is 0 Å². The molecule has 0 aliphatic heterocycles. The van der Waals surface area contributed by atoms with Crippen LogP contribution in [0.4, 0.5) is 17.6 Å². The minimum absolute atomic E-state index is 0.0678. The standard InChI is InChI=1S/C13H8F4O/c14-12-5-4-10(18)7-11(12)8-2-1-3-9(6-8)13(15,16)17/h1-7,18H. The lowest BCUT2D eigenvalue weighted by Gasteiger charge is -2.09. The minimum atomic E-state index is -4.48. The van der Waals surface area contributed by atoms with Crippen molar-refractivity contribution in [3.05, 3.63) is 53.8 Å². The number of benzene rings is 2. The minimum Gasteiger partial charge on any atom is -0.508 e. The molecule has 0 radical (unpaired) electrons. The van der Waals surface area contributed by atoms with E-state index in [4.69, 9.17) is 0 Å². The molecule has 0 spiro atoms. The average Bonchev–Trinajstić information content (AvgIpc) is 2.31. The van der Waals surface area contributed by atoms with E-state index in [1.54, 1.807) is 0 Å². The third-order valence-corrected chi connectivity index (χ3v) is 2.45. The molecule has 0 saturated carbocycles. The zero-order valence-corrected chi connectivity index (χ0v) is 9.00. The molecule has 1 nitrogen and oxygen atoms in total. The summed E-state index contributed by atoms with van der Waals surface area (Å²) in [4.78, 5) is 0.